The minimum Gasteiger partial charge on any atom is -0.415 e. The topological polar surface area (TPSA) is 93.7 Å². The molecule has 0 spiro atoms. The first kappa shape index (κ1) is 34.7. The van der Waals surface area contributed by atoms with Crippen molar-refractivity contribution in [2.24, 2.45) is 5.92 Å². The van der Waals surface area contributed by atoms with E-state index in [0.717, 1.165) is 23.3 Å². The molecular formula is C35H43F3N4O4Si. The number of nitrogens with one attached hydrogen (secondary N) is 1. The van der Waals surface area contributed by atoms with E-state index in [2.05, 4.69) is 57.2 Å². The highest BCUT2D eigenvalue weighted by Crippen LogP contribution is 2.49. The molecule has 47 heavy (non-hydrogen) atoms. The minimum atomic E-state index is -4.56. The third-order valence-corrected chi connectivity index (χ3v) is 14.6. The Bertz CT molecular complexity index is 1670. The van der Waals surface area contributed by atoms with E-state index in [0.29, 0.717) is 62.0 Å². The zero-order valence-electron chi connectivity index (χ0n) is 28.0. The Kier molecular flexibility index (Phi) is 9.44. The van der Waals surface area contributed by atoms with E-state index in [1.54, 1.807) is 17.2 Å². The van der Waals surface area contributed by atoms with Gasteiger partial charge >= 0.3 is 6.18 Å². The summed E-state index contributed by atoms with van der Waals surface area (Å²) in [7, 11) is -2.04. The van der Waals surface area contributed by atoms with Crippen molar-refractivity contribution >= 4 is 31.6 Å². The van der Waals surface area contributed by atoms with Crippen LogP contribution in [0.1, 0.15) is 67.7 Å². The highest BCUT2D eigenvalue weighted by Gasteiger charge is 2.50. The van der Waals surface area contributed by atoms with Gasteiger partial charge in [0.15, 0.2) is 8.32 Å². The van der Waals surface area contributed by atoms with Crippen molar-refractivity contribution in [2.75, 3.05) is 36.6 Å². The third kappa shape index (κ3) is 7.00. The van der Waals surface area contributed by atoms with Crippen LogP contribution in [0, 0.1) is 12.8 Å². The molecule has 4 heterocycles. The highest BCUT2D eigenvalue weighted by molar-refractivity contribution is 6.74. The van der Waals surface area contributed by atoms with E-state index in [1.165, 1.54) is 18.3 Å². The van der Waals surface area contributed by atoms with Crippen LogP contribution < -0.4 is 10.2 Å². The van der Waals surface area contributed by atoms with E-state index in [4.69, 9.17) is 14.1 Å². The zero-order valence-corrected chi connectivity index (χ0v) is 29.0. The molecule has 12 heteroatoms. The fourth-order valence-corrected chi connectivity index (χ4v) is 7.12. The second-order valence-electron chi connectivity index (χ2n) is 14.2. The van der Waals surface area contributed by atoms with Gasteiger partial charge in [-0.15, -0.1) is 0 Å². The second-order valence-corrected chi connectivity index (χ2v) is 19.0. The molecule has 1 saturated heterocycles. The fraction of sp³-hybridized carbons (Fsp3) is 0.486. The number of pyridine rings is 2. The first-order chi connectivity index (χ1) is 21.9. The maximum absolute atomic E-state index is 14.1. The quantitative estimate of drug-likeness (QED) is 0.259. The number of aryl methyl sites for hydroxylation is 1. The molecule has 3 aromatic rings. The maximum atomic E-state index is 14.1. The van der Waals surface area contributed by atoms with E-state index >= 15 is 0 Å². The molecule has 0 unspecified atom stereocenters. The lowest BCUT2D eigenvalue weighted by Crippen LogP contribution is -2.53. The lowest BCUT2D eigenvalue weighted by atomic mass is 9.66. The second kappa shape index (κ2) is 12.8. The summed E-state index contributed by atoms with van der Waals surface area (Å²) in [6.07, 6.45) is -0.145. The lowest BCUT2D eigenvalue weighted by Gasteiger charge is -2.45. The summed E-state index contributed by atoms with van der Waals surface area (Å²) in [5, 5.41) is 2.72. The Hall–Kier alpha value is -3.61. The van der Waals surface area contributed by atoms with Crippen LogP contribution in [-0.4, -0.2) is 56.5 Å². The molecule has 2 atom stereocenters. The molecule has 2 aromatic heterocycles. The SMILES string of the molecule is Cc1ncc(NC(=O)c2cccc(C(F)(F)F)c2)cc1-c1cnc2c(c1)[C@@]1(C)CCOCC[C@@H]1C(=O)N2CCO[Si](C)(C)C(C)(C)C. The predicted molar refractivity (Wildman–Crippen MR) is 178 cm³/mol. The van der Waals surface area contributed by atoms with Crippen molar-refractivity contribution < 1.29 is 31.9 Å². The van der Waals surface area contributed by atoms with Crippen molar-refractivity contribution in [1.29, 1.82) is 0 Å². The number of nitrogens with zero attached hydrogens (tertiary/aromatic N) is 3. The average molecular weight is 669 g/mol. The summed E-state index contributed by atoms with van der Waals surface area (Å²) in [5.41, 5.74) is 1.88. The van der Waals surface area contributed by atoms with Gasteiger partial charge in [-0.05, 0) is 68.2 Å². The van der Waals surface area contributed by atoms with Crippen molar-refractivity contribution in [3.8, 4) is 11.1 Å². The number of hydrogen-bond donors (Lipinski definition) is 1. The summed E-state index contributed by atoms with van der Waals surface area (Å²) in [4.78, 5) is 38.1. The minimum absolute atomic E-state index is 0.0294. The van der Waals surface area contributed by atoms with Gasteiger partial charge in [0.25, 0.3) is 5.91 Å². The van der Waals surface area contributed by atoms with Crippen LogP contribution >= 0.6 is 0 Å². The third-order valence-electron chi connectivity index (χ3n) is 10.1. The van der Waals surface area contributed by atoms with E-state index in [-0.39, 0.29) is 22.4 Å². The molecule has 0 bridgehead atoms. The van der Waals surface area contributed by atoms with E-state index in [1.807, 2.05) is 6.92 Å². The van der Waals surface area contributed by atoms with Gasteiger partial charge in [-0.1, -0.05) is 33.8 Å². The summed E-state index contributed by atoms with van der Waals surface area (Å²) >= 11 is 0. The number of carbonyl (C=O) groups excluding carboxylic acids is 2. The normalized spacial score (nSPS) is 20.3. The molecule has 2 amide bonds. The first-order valence-corrected chi connectivity index (χ1v) is 18.8. The number of halogens is 3. The molecule has 0 radical (unpaired) electrons. The molecule has 1 aromatic carbocycles. The number of ether oxygens (including phenoxy) is 1. The smallest absolute Gasteiger partial charge is 0.415 e. The number of carbonyl (C=O) groups is 2. The lowest BCUT2D eigenvalue weighted by molar-refractivity contribution is -0.137. The van der Waals surface area contributed by atoms with Crippen LogP contribution in [0.2, 0.25) is 18.1 Å². The Morgan fingerprint density at radius 2 is 1.87 bits per heavy atom. The fourth-order valence-electron chi connectivity index (χ4n) is 6.09. The summed E-state index contributed by atoms with van der Waals surface area (Å²) in [6, 6.07) is 8.08. The van der Waals surface area contributed by atoms with Crippen LogP contribution in [-0.2, 0) is 25.5 Å². The molecule has 8 nitrogen and oxygen atoms in total. The van der Waals surface area contributed by atoms with Gasteiger partial charge in [-0.3, -0.25) is 19.5 Å². The van der Waals surface area contributed by atoms with Crippen LogP contribution in [0.4, 0.5) is 24.7 Å². The van der Waals surface area contributed by atoms with Crippen molar-refractivity contribution in [1.82, 2.24) is 9.97 Å². The van der Waals surface area contributed by atoms with Crippen LogP contribution in [0.15, 0.2) is 48.8 Å². The summed E-state index contributed by atoms with van der Waals surface area (Å²) < 4.78 is 52.0. The monoisotopic (exact) mass is 668 g/mol. The van der Waals surface area contributed by atoms with Gasteiger partial charge in [0.2, 0.25) is 5.91 Å². The molecule has 1 fully saturated rings. The Morgan fingerprint density at radius 3 is 2.57 bits per heavy atom. The van der Waals surface area contributed by atoms with Crippen molar-refractivity contribution in [3.63, 3.8) is 0 Å². The van der Waals surface area contributed by atoms with Gasteiger partial charge in [-0.2, -0.15) is 13.2 Å². The van der Waals surface area contributed by atoms with E-state index < -0.39 is 31.4 Å². The number of aromatic nitrogens is 2. The number of fused-ring (bicyclic) bond motifs is 3. The maximum Gasteiger partial charge on any atom is 0.416 e. The first-order valence-electron chi connectivity index (χ1n) is 15.9. The van der Waals surface area contributed by atoms with Crippen molar-refractivity contribution in [2.45, 2.75) is 77.2 Å². The van der Waals surface area contributed by atoms with Gasteiger partial charge in [0, 0.05) is 59.3 Å². The molecule has 1 N–H and O–H groups in total. The molecule has 2 aliphatic heterocycles. The Balaban J connectivity index is 1.48. The van der Waals surface area contributed by atoms with Gasteiger partial charge in [0.05, 0.1) is 30.0 Å². The number of rotatable bonds is 7. The number of benzene rings is 1. The Morgan fingerprint density at radius 1 is 1.13 bits per heavy atom. The predicted octanol–water partition coefficient (Wildman–Crippen LogP) is 7.78. The Labute approximate surface area is 275 Å². The number of amides is 2. The van der Waals surface area contributed by atoms with Crippen LogP contribution in [0.25, 0.3) is 11.1 Å². The number of alkyl halides is 3. The largest absolute Gasteiger partial charge is 0.416 e. The standard InChI is InChI=1S/C35H43F3N4O4Si/c1-22-27(19-26(21-39-22)41-31(43)23-9-8-10-25(17-23)35(36,37)38)24-18-29-30(40-20-24)42(13-16-46-47(6,7)33(2,3)4)32(44)28-11-14-45-15-12-34(28,29)5/h8-10,17-21,28H,11-16H2,1-7H3,(H,41,43)/t28-,34+/m1/s1. The van der Waals surface area contributed by atoms with Crippen LogP contribution in [0.5, 0.6) is 0 Å². The van der Waals surface area contributed by atoms with Crippen molar-refractivity contribution in [3.05, 3.63) is 71.2 Å². The summed E-state index contributed by atoms with van der Waals surface area (Å²) in [5.74, 6) is -0.335. The molecule has 5 rings (SSSR count). The molecule has 0 saturated carbocycles. The molecular weight excluding hydrogens is 625 g/mol. The zero-order chi connectivity index (χ0) is 34.4. The number of anilines is 2. The number of hydrogen-bond acceptors (Lipinski definition) is 6. The summed E-state index contributed by atoms with van der Waals surface area (Å²) in [6.45, 7) is 16.7. The molecule has 252 valence electrons. The highest BCUT2D eigenvalue weighted by atomic mass is 28.4. The van der Waals surface area contributed by atoms with Gasteiger partial charge < -0.3 is 14.5 Å². The average Bonchev–Trinajstić information content (AvgIpc) is 3.21. The van der Waals surface area contributed by atoms with E-state index in [9.17, 15) is 22.8 Å². The van der Waals surface area contributed by atoms with Crippen LogP contribution in [0.3, 0.4) is 0 Å². The molecule has 0 aliphatic carbocycles. The van der Waals surface area contributed by atoms with Gasteiger partial charge in [-0.25, -0.2) is 4.98 Å². The van der Waals surface area contributed by atoms with Gasteiger partial charge in [0.1, 0.15) is 5.82 Å². The molecule has 2 aliphatic rings.